The third-order valence-corrected chi connectivity index (χ3v) is 4.73. The molecule has 0 bridgehead atoms. The van der Waals surface area contributed by atoms with Gasteiger partial charge in [0, 0.05) is 24.6 Å². The van der Waals surface area contributed by atoms with Gasteiger partial charge in [0.15, 0.2) is 0 Å². The highest BCUT2D eigenvalue weighted by atomic mass is 16.5. The van der Waals surface area contributed by atoms with E-state index < -0.39 is 0 Å². The lowest BCUT2D eigenvalue weighted by Crippen LogP contribution is -2.33. The largest absolute Gasteiger partial charge is 0.493 e. The van der Waals surface area contributed by atoms with Gasteiger partial charge in [0.1, 0.15) is 5.75 Å². The molecule has 104 valence electrons. The maximum absolute atomic E-state index is 5.77. The van der Waals surface area contributed by atoms with Crippen LogP contribution in [0, 0.1) is 5.92 Å². The van der Waals surface area contributed by atoms with Gasteiger partial charge < -0.3 is 4.74 Å². The third-order valence-electron chi connectivity index (χ3n) is 4.73. The van der Waals surface area contributed by atoms with Crippen LogP contribution in [0.2, 0.25) is 0 Å². The van der Waals surface area contributed by atoms with Gasteiger partial charge in [-0.2, -0.15) is 0 Å². The molecule has 0 spiro atoms. The van der Waals surface area contributed by atoms with Crippen molar-refractivity contribution in [3.05, 3.63) is 29.8 Å². The molecule has 1 aromatic rings. The Morgan fingerprint density at radius 2 is 1.89 bits per heavy atom. The van der Waals surface area contributed by atoms with Crippen LogP contribution in [0.5, 0.6) is 5.75 Å². The van der Waals surface area contributed by atoms with E-state index in [4.69, 9.17) is 4.74 Å². The van der Waals surface area contributed by atoms with Crippen LogP contribution in [0.4, 0.5) is 0 Å². The average molecular weight is 259 g/mol. The molecule has 1 heterocycles. The first kappa shape index (κ1) is 13.0. The summed E-state index contributed by atoms with van der Waals surface area (Å²) >= 11 is 0. The molecule has 1 fully saturated rings. The highest BCUT2D eigenvalue weighted by molar-refractivity contribution is 5.37. The topological polar surface area (TPSA) is 12.5 Å². The van der Waals surface area contributed by atoms with Gasteiger partial charge in [-0.15, -0.1) is 0 Å². The summed E-state index contributed by atoms with van der Waals surface area (Å²) in [5, 5.41) is 0. The molecule has 1 saturated carbocycles. The smallest absolute Gasteiger partial charge is 0.124 e. The normalized spacial score (nSPS) is 24.0. The fraction of sp³-hybridized carbons (Fsp3) is 0.647. The molecule has 0 saturated heterocycles. The predicted molar refractivity (Wildman–Crippen MR) is 78.5 cm³/mol. The van der Waals surface area contributed by atoms with Crippen molar-refractivity contribution in [1.29, 1.82) is 0 Å². The molecular weight excluding hydrogens is 234 g/mol. The molecule has 0 aromatic heterocycles. The second kappa shape index (κ2) is 5.96. The Labute approximate surface area is 116 Å². The van der Waals surface area contributed by atoms with Crippen molar-refractivity contribution in [1.82, 2.24) is 4.90 Å². The number of benzene rings is 1. The Kier molecular flexibility index (Phi) is 4.07. The molecule has 2 nitrogen and oxygen atoms in total. The molecule has 19 heavy (non-hydrogen) atoms. The molecule has 0 N–H and O–H groups in total. The van der Waals surface area contributed by atoms with Gasteiger partial charge in [-0.3, -0.25) is 4.90 Å². The number of fused-ring (bicyclic) bond motifs is 1. The van der Waals surface area contributed by atoms with E-state index in [1.54, 1.807) is 0 Å². The van der Waals surface area contributed by atoms with Crippen LogP contribution in [0.3, 0.4) is 0 Å². The first-order chi connectivity index (χ1) is 9.34. The van der Waals surface area contributed by atoms with E-state index in [1.807, 2.05) is 0 Å². The Morgan fingerprint density at radius 1 is 1.11 bits per heavy atom. The van der Waals surface area contributed by atoms with Gasteiger partial charge in [-0.25, -0.2) is 0 Å². The minimum absolute atomic E-state index is 0.548. The molecule has 1 aliphatic carbocycles. The minimum atomic E-state index is 0.548. The number of nitrogens with zero attached hydrogens (tertiary/aromatic N) is 1. The van der Waals surface area contributed by atoms with Gasteiger partial charge in [-0.05, 0) is 31.9 Å². The standard InChI is InChI=1S/C17H25NO/c1-18(13-14-7-3-2-4-8-14)16-11-12-19-17-10-6-5-9-15(16)17/h5-6,9-10,14,16H,2-4,7-8,11-13H2,1H3. The maximum Gasteiger partial charge on any atom is 0.124 e. The first-order valence-corrected chi connectivity index (χ1v) is 7.76. The number of para-hydroxylation sites is 1. The lowest BCUT2D eigenvalue weighted by molar-refractivity contribution is 0.137. The van der Waals surface area contributed by atoms with Crippen LogP contribution in [0.25, 0.3) is 0 Å². The summed E-state index contributed by atoms with van der Waals surface area (Å²) < 4.78 is 5.77. The number of rotatable bonds is 3. The van der Waals surface area contributed by atoms with Gasteiger partial charge in [-0.1, -0.05) is 37.5 Å². The molecule has 2 aliphatic rings. The molecule has 0 radical (unpaired) electrons. The SMILES string of the molecule is CN(CC1CCCCC1)C1CCOc2ccccc21. The number of ether oxygens (including phenoxy) is 1. The fourth-order valence-corrected chi connectivity index (χ4v) is 3.69. The van der Waals surface area contributed by atoms with Crippen LogP contribution < -0.4 is 4.74 Å². The van der Waals surface area contributed by atoms with E-state index in [0.29, 0.717) is 6.04 Å². The van der Waals surface area contributed by atoms with E-state index in [1.165, 1.54) is 44.2 Å². The summed E-state index contributed by atoms with van der Waals surface area (Å²) in [5.41, 5.74) is 1.38. The second-order valence-corrected chi connectivity index (χ2v) is 6.13. The Balaban J connectivity index is 1.68. The fourth-order valence-electron chi connectivity index (χ4n) is 3.69. The summed E-state index contributed by atoms with van der Waals surface area (Å²) in [7, 11) is 2.29. The Hall–Kier alpha value is -1.02. The van der Waals surface area contributed by atoms with Crippen molar-refractivity contribution in [2.75, 3.05) is 20.2 Å². The van der Waals surface area contributed by atoms with Crippen LogP contribution in [0.1, 0.15) is 50.1 Å². The van der Waals surface area contributed by atoms with Gasteiger partial charge >= 0.3 is 0 Å². The zero-order valence-corrected chi connectivity index (χ0v) is 12.0. The van der Waals surface area contributed by atoms with E-state index in [9.17, 15) is 0 Å². The van der Waals surface area contributed by atoms with Crippen molar-refractivity contribution in [2.24, 2.45) is 5.92 Å². The summed E-state index contributed by atoms with van der Waals surface area (Å²) in [6.07, 6.45) is 8.29. The summed E-state index contributed by atoms with van der Waals surface area (Å²) in [5.74, 6) is 2.00. The summed E-state index contributed by atoms with van der Waals surface area (Å²) in [4.78, 5) is 2.57. The van der Waals surface area contributed by atoms with Gasteiger partial charge in [0.2, 0.25) is 0 Å². The van der Waals surface area contributed by atoms with Crippen molar-refractivity contribution in [3.8, 4) is 5.75 Å². The van der Waals surface area contributed by atoms with Crippen molar-refractivity contribution < 1.29 is 4.74 Å². The summed E-state index contributed by atoms with van der Waals surface area (Å²) in [6.45, 7) is 2.11. The number of hydrogen-bond donors (Lipinski definition) is 0. The molecule has 1 aliphatic heterocycles. The van der Waals surface area contributed by atoms with E-state index in [-0.39, 0.29) is 0 Å². The molecule has 1 unspecified atom stereocenters. The molecular formula is C17H25NO. The molecule has 0 amide bonds. The lowest BCUT2D eigenvalue weighted by atomic mass is 9.88. The van der Waals surface area contributed by atoms with Crippen molar-refractivity contribution in [2.45, 2.75) is 44.6 Å². The quantitative estimate of drug-likeness (QED) is 0.813. The molecule has 3 rings (SSSR count). The molecule has 1 atom stereocenters. The Morgan fingerprint density at radius 3 is 2.74 bits per heavy atom. The van der Waals surface area contributed by atoms with E-state index in [2.05, 4.69) is 36.2 Å². The van der Waals surface area contributed by atoms with Crippen LogP contribution >= 0.6 is 0 Å². The van der Waals surface area contributed by atoms with Crippen LogP contribution in [-0.2, 0) is 0 Å². The zero-order chi connectivity index (χ0) is 13.1. The first-order valence-electron chi connectivity index (χ1n) is 7.76. The monoisotopic (exact) mass is 259 g/mol. The van der Waals surface area contributed by atoms with Crippen LogP contribution in [0.15, 0.2) is 24.3 Å². The predicted octanol–water partition coefficient (Wildman–Crippen LogP) is 4.02. The maximum atomic E-state index is 5.77. The van der Waals surface area contributed by atoms with E-state index >= 15 is 0 Å². The van der Waals surface area contributed by atoms with Gasteiger partial charge in [0.05, 0.1) is 6.61 Å². The highest BCUT2D eigenvalue weighted by Gasteiger charge is 2.26. The van der Waals surface area contributed by atoms with Crippen molar-refractivity contribution >= 4 is 0 Å². The molecule has 2 heteroatoms. The summed E-state index contributed by atoms with van der Waals surface area (Å²) in [6, 6.07) is 9.09. The van der Waals surface area contributed by atoms with Gasteiger partial charge in [0.25, 0.3) is 0 Å². The minimum Gasteiger partial charge on any atom is -0.493 e. The Bertz CT molecular complexity index is 411. The molecule has 1 aromatic carbocycles. The highest BCUT2D eigenvalue weighted by Crippen LogP contribution is 2.36. The van der Waals surface area contributed by atoms with Crippen LogP contribution in [-0.4, -0.2) is 25.1 Å². The van der Waals surface area contributed by atoms with E-state index in [0.717, 1.165) is 24.7 Å². The zero-order valence-electron chi connectivity index (χ0n) is 12.0. The third kappa shape index (κ3) is 2.94. The lowest BCUT2D eigenvalue weighted by Gasteiger charge is -2.36. The van der Waals surface area contributed by atoms with Crippen molar-refractivity contribution in [3.63, 3.8) is 0 Å². The average Bonchev–Trinajstić information content (AvgIpc) is 2.47. The number of hydrogen-bond acceptors (Lipinski definition) is 2. The second-order valence-electron chi connectivity index (χ2n) is 6.13.